The van der Waals surface area contributed by atoms with E-state index in [2.05, 4.69) is 15.9 Å². The molecule has 0 aromatic heterocycles. The maximum Gasteiger partial charge on any atom is 0.200 e. The Morgan fingerprint density at radius 1 is 1.10 bits per heavy atom. The summed E-state index contributed by atoms with van der Waals surface area (Å²) in [6.45, 7) is -0.121. The molecule has 0 amide bonds. The summed E-state index contributed by atoms with van der Waals surface area (Å²) >= 11 is 15.3. The summed E-state index contributed by atoms with van der Waals surface area (Å²) in [5.41, 5.74) is 0.453. The molecule has 0 saturated heterocycles. The molecule has 21 heavy (non-hydrogen) atoms. The number of methoxy groups -OCH3 is 1. The number of hydrogen-bond donors (Lipinski definition) is 0. The molecule has 2 rings (SSSR count). The summed E-state index contributed by atoms with van der Waals surface area (Å²) < 4.78 is 11.3. The molecule has 110 valence electrons. The van der Waals surface area contributed by atoms with Gasteiger partial charge in [-0.25, -0.2) is 0 Å². The zero-order chi connectivity index (χ0) is 15.4. The van der Waals surface area contributed by atoms with Crippen LogP contribution in [-0.4, -0.2) is 19.5 Å². The van der Waals surface area contributed by atoms with Crippen LogP contribution in [0.25, 0.3) is 0 Å². The fourth-order valence-electron chi connectivity index (χ4n) is 1.66. The van der Waals surface area contributed by atoms with E-state index < -0.39 is 0 Å². The van der Waals surface area contributed by atoms with E-state index in [9.17, 15) is 4.79 Å². The standard InChI is InChI=1S/C15H11BrCl2O3/c1-20-14-4-2-9(6-11(14)17)13(19)8-21-15-5-3-10(16)7-12(15)18/h2-7H,8H2,1H3. The van der Waals surface area contributed by atoms with Gasteiger partial charge in [0.05, 0.1) is 17.2 Å². The number of hydrogen-bond acceptors (Lipinski definition) is 3. The highest BCUT2D eigenvalue weighted by Crippen LogP contribution is 2.28. The molecule has 0 aliphatic heterocycles. The van der Waals surface area contributed by atoms with Crippen molar-refractivity contribution in [3.63, 3.8) is 0 Å². The summed E-state index contributed by atoms with van der Waals surface area (Å²) in [5, 5.41) is 0.815. The number of rotatable bonds is 5. The summed E-state index contributed by atoms with van der Waals surface area (Å²) in [4.78, 5) is 12.1. The third-order valence-corrected chi connectivity index (χ3v) is 3.81. The molecule has 0 aliphatic rings. The highest BCUT2D eigenvalue weighted by molar-refractivity contribution is 9.10. The van der Waals surface area contributed by atoms with Gasteiger partial charge in [-0.15, -0.1) is 0 Å². The van der Waals surface area contributed by atoms with Crippen molar-refractivity contribution in [2.45, 2.75) is 0 Å². The maximum atomic E-state index is 12.1. The van der Waals surface area contributed by atoms with E-state index in [1.165, 1.54) is 7.11 Å². The van der Waals surface area contributed by atoms with Crippen LogP contribution in [0.1, 0.15) is 10.4 Å². The molecule has 0 N–H and O–H groups in total. The lowest BCUT2D eigenvalue weighted by molar-refractivity contribution is 0.0921. The third kappa shape index (κ3) is 4.13. The molecule has 0 saturated carbocycles. The van der Waals surface area contributed by atoms with Crippen LogP contribution < -0.4 is 9.47 Å². The van der Waals surface area contributed by atoms with E-state index in [1.54, 1.807) is 36.4 Å². The first kappa shape index (κ1) is 16.1. The van der Waals surface area contributed by atoms with Gasteiger partial charge in [0.1, 0.15) is 11.5 Å². The van der Waals surface area contributed by atoms with E-state index in [4.69, 9.17) is 32.7 Å². The molecule has 0 spiro atoms. The molecule has 0 heterocycles. The molecule has 2 aromatic rings. The molecule has 0 bridgehead atoms. The van der Waals surface area contributed by atoms with Crippen molar-refractivity contribution in [1.29, 1.82) is 0 Å². The first-order valence-corrected chi connectivity index (χ1v) is 7.50. The highest BCUT2D eigenvalue weighted by Gasteiger charge is 2.11. The number of carbonyl (C=O) groups excluding carboxylic acids is 1. The summed E-state index contributed by atoms with van der Waals surface area (Å²) in [6.07, 6.45) is 0. The van der Waals surface area contributed by atoms with Crippen LogP contribution in [0.15, 0.2) is 40.9 Å². The van der Waals surface area contributed by atoms with Gasteiger partial charge in [-0.1, -0.05) is 39.1 Å². The lowest BCUT2D eigenvalue weighted by Crippen LogP contribution is -2.11. The van der Waals surface area contributed by atoms with Crippen LogP contribution in [0.5, 0.6) is 11.5 Å². The van der Waals surface area contributed by atoms with Crippen LogP contribution in [0.3, 0.4) is 0 Å². The average Bonchev–Trinajstić information content (AvgIpc) is 2.46. The second-order valence-corrected chi connectivity index (χ2v) is 5.87. The number of carbonyl (C=O) groups is 1. The molecule has 6 heteroatoms. The Balaban J connectivity index is 2.06. The van der Waals surface area contributed by atoms with E-state index in [1.807, 2.05) is 0 Å². The zero-order valence-corrected chi connectivity index (χ0v) is 14.1. The molecule has 0 atom stereocenters. The van der Waals surface area contributed by atoms with Gasteiger partial charge in [0.25, 0.3) is 0 Å². The van der Waals surface area contributed by atoms with Crippen LogP contribution in [-0.2, 0) is 0 Å². The number of ether oxygens (including phenoxy) is 2. The van der Waals surface area contributed by atoms with Gasteiger partial charge >= 0.3 is 0 Å². The van der Waals surface area contributed by atoms with Crippen molar-refractivity contribution in [1.82, 2.24) is 0 Å². The lowest BCUT2D eigenvalue weighted by atomic mass is 10.1. The monoisotopic (exact) mass is 388 g/mol. The summed E-state index contributed by atoms with van der Waals surface area (Å²) in [7, 11) is 1.52. The largest absolute Gasteiger partial charge is 0.495 e. The third-order valence-electron chi connectivity index (χ3n) is 2.73. The SMILES string of the molecule is COc1ccc(C(=O)COc2ccc(Br)cc2Cl)cc1Cl. The Morgan fingerprint density at radius 3 is 2.38 bits per heavy atom. The van der Waals surface area contributed by atoms with Gasteiger partial charge in [-0.3, -0.25) is 4.79 Å². The smallest absolute Gasteiger partial charge is 0.200 e. The molecule has 0 unspecified atom stereocenters. The second-order valence-electron chi connectivity index (χ2n) is 4.14. The molecule has 0 radical (unpaired) electrons. The van der Waals surface area contributed by atoms with E-state index in [0.717, 1.165) is 4.47 Å². The molecule has 0 fully saturated rings. The molecular formula is C15H11BrCl2O3. The molecule has 3 nitrogen and oxygen atoms in total. The van der Waals surface area contributed by atoms with Crippen molar-refractivity contribution in [2.75, 3.05) is 13.7 Å². The number of ketones is 1. The van der Waals surface area contributed by atoms with E-state index >= 15 is 0 Å². The van der Waals surface area contributed by atoms with Crippen molar-refractivity contribution in [3.05, 3.63) is 56.5 Å². The first-order valence-electron chi connectivity index (χ1n) is 5.96. The Hall–Kier alpha value is -1.23. The highest BCUT2D eigenvalue weighted by atomic mass is 79.9. The minimum absolute atomic E-state index is 0.121. The first-order chi connectivity index (χ1) is 10.0. The Morgan fingerprint density at radius 2 is 1.76 bits per heavy atom. The van der Waals surface area contributed by atoms with Gasteiger partial charge in [-0.05, 0) is 36.4 Å². The van der Waals surface area contributed by atoms with Crippen molar-refractivity contribution in [2.24, 2.45) is 0 Å². The Bertz CT molecular complexity index is 674. The van der Waals surface area contributed by atoms with Crippen molar-refractivity contribution >= 4 is 44.9 Å². The van der Waals surface area contributed by atoms with Gasteiger partial charge in [0.2, 0.25) is 0 Å². The average molecular weight is 390 g/mol. The number of halogens is 3. The van der Waals surface area contributed by atoms with Gasteiger partial charge in [0, 0.05) is 10.0 Å². The number of benzene rings is 2. The molecular weight excluding hydrogens is 379 g/mol. The zero-order valence-electron chi connectivity index (χ0n) is 11.0. The van der Waals surface area contributed by atoms with Crippen LogP contribution in [0.2, 0.25) is 10.0 Å². The lowest BCUT2D eigenvalue weighted by Gasteiger charge is -2.09. The quantitative estimate of drug-likeness (QED) is 0.673. The summed E-state index contributed by atoms with van der Waals surface area (Å²) in [6, 6.07) is 10.0. The normalized spacial score (nSPS) is 10.3. The van der Waals surface area contributed by atoms with Crippen LogP contribution >= 0.6 is 39.1 Å². The maximum absolute atomic E-state index is 12.1. The van der Waals surface area contributed by atoms with Crippen LogP contribution in [0, 0.1) is 0 Å². The van der Waals surface area contributed by atoms with Crippen molar-refractivity contribution in [3.8, 4) is 11.5 Å². The fourth-order valence-corrected chi connectivity index (χ4v) is 2.64. The fraction of sp³-hybridized carbons (Fsp3) is 0.133. The second kappa shape index (κ2) is 7.16. The van der Waals surface area contributed by atoms with Crippen LogP contribution in [0.4, 0.5) is 0 Å². The Kier molecular flexibility index (Phi) is 5.51. The van der Waals surface area contributed by atoms with E-state index in [-0.39, 0.29) is 12.4 Å². The minimum atomic E-state index is -0.196. The minimum Gasteiger partial charge on any atom is -0.495 e. The van der Waals surface area contributed by atoms with Gasteiger partial charge in [-0.2, -0.15) is 0 Å². The molecule has 2 aromatic carbocycles. The Labute approximate surface area is 140 Å². The van der Waals surface area contributed by atoms with Gasteiger partial charge < -0.3 is 9.47 Å². The summed E-state index contributed by atoms with van der Waals surface area (Å²) in [5.74, 6) is 0.774. The number of Topliss-reactive ketones (excluding diaryl/α,β-unsaturated/α-hetero) is 1. The predicted molar refractivity (Wildman–Crippen MR) is 87.0 cm³/mol. The topological polar surface area (TPSA) is 35.5 Å². The molecule has 0 aliphatic carbocycles. The predicted octanol–water partition coefficient (Wildman–Crippen LogP) is 5.03. The van der Waals surface area contributed by atoms with Crippen molar-refractivity contribution < 1.29 is 14.3 Å². The van der Waals surface area contributed by atoms with E-state index in [0.29, 0.717) is 27.1 Å². The van der Waals surface area contributed by atoms with Gasteiger partial charge in [0.15, 0.2) is 12.4 Å².